The SMILES string of the molecule is CCN(CCC(NC)c1ccc(F)cn1)CC(C)(C)O. The highest BCUT2D eigenvalue weighted by atomic mass is 19.1. The van der Waals surface area contributed by atoms with E-state index in [1.807, 2.05) is 20.9 Å². The molecule has 1 rings (SSSR count). The van der Waals surface area contributed by atoms with Crippen molar-refractivity contribution in [3.8, 4) is 0 Å². The molecule has 0 aliphatic heterocycles. The zero-order valence-electron chi connectivity index (χ0n) is 12.9. The third-order valence-electron chi connectivity index (χ3n) is 3.25. The minimum absolute atomic E-state index is 0.0893. The predicted octanol–water partition coefficient (Wildman–Crippen LogP) is 1.96. The largest absolute Gasteiger partial charge is 0.389 e. The van der Waals surface area contributed by atoms with Gasteiger partial charge in [0.15, 0.2) is 0 Å². The Morgan fingerprint density at radius 3 is 2.60 bits per heavy atom. The van der Waals surface area contributed by atoms with Gasteiger partial charge in [-0.25, -0.2) is 4.39 Å². The molecule has 0 radical (unpaired) electrons. The topological polar surface area (TPSA) is 48.4 Å². The summed E-state index contributed by atoms with van der Waals surface area (Å²) in [5.74, 6) is -0.319. The van der Waals surface area contributed by atoms with Crippen molar-refractivity contribution < 1.29 is 9.50 Å². The maximum atomic E-state index is 12.9. The van der Waals surface area contributed by atoms with Crippen molar-refractivity contribution in [3.63, 3.8) is 0 Å². The highest BCUT2D eigenvalue weighted by molar-refractivity contribution is 5.09. The normalized spacial score (nSPS) is 13.8. The second-order valence-electron chi connectivity index (χ2n) is 5.71. The monoisotopic (exact) mass is 283 g/mol. The number of aliphatic hydroxyl groups is 1. The van der Waals surface area contributed by atoms with Crippen LogP contribution in [-0.2, 0) is 0 Å². The van der Waals surface area contributed by atoms with Crippen molar-refractivity contribution >= 4 is 0 Å². The van der Waals surface area contributed by atoms with Gasteiger partial charge in [-0.3, -0.25) is 4.98 Å². The lowest BCUT2D eigenvalue weighted by Gasteiger charge is -2.29. The Morgan fingerprint density at radius 2 is 2.15 bits per heavy atom. The Kier molecular flexibility index (Phi) is 6.52. The van der Waals surface area contributed by atoms with Gasteiger partial charge < -0.3 is 15.3 Å². The van der Waals surface area contributed by atoms with E-state index < -0.39 is 5.60 Å². The lowest BCUT2D eigenvalue weighted by molar-refractivity contribution is 0.0367. The van der Waals surface area contributed by atoms with Crippen molar-refractivity contribution in [3.05, 3.63) is 29.8 Å². The molecular formula is C15H26FN3O. The van der Waals surface area contributed by atoms with Crippen LogP contribution in [0, 0.1) is 5.82 Å². The van der Waals surface area contributed by atoms with E-state index in [-0.39, 0.29) is 11.9 Å². The van der Waals surface area contributed by atoms with E-state index in [2.05, 4.69) is 22.1 Å². The van der Waals surface area contributed by atoms with Crippen LogP contribution in [0.3, 0.4) is 0 Å². The molecule has 2 N–H and O–H groups in total. The molecule has 1 aromatic rings. The summed E-state index contributed by atoms with van der Waals surface area (Å²) in [5, 5.41) is 13.1. The molecule has 0 aromatic carbocycles. The molecule has 0 fully saturated rings. The van der Waals surface area contributed by atoms with E-state index in [0.717, 1.165) is 25.2 Å². The van der Waals surface area contributed by atoms with Crippen molar-refractivity contribution in [2.75, 3.05) is 26.7 Å². The maximum Gasteiger partial charge on any atom is 0.141 e. The minimum atomic E-state index is -0.695. The molecule has 0 amide bonds. The second kappa shape index (κ2) is 7.67. The molecule has 0 saturated carbocycles. The number of hydrogen-bond donors (Lipinski definition) is 2. The van der Waals surface area contributed by atoms with Crippen molar-refractivity contribution in [1.82, 2.24) is 15.2 Å². The van der Waals surface area contributed by atoms with Crippen LogP contribution in [0.2, 0.25) is 0 Å². The van der Waals surface area contributed by atoms with Crippen LogP contribution in [0.25, 0.3) is 0 Å². The first-order valence-corrected chi connectivity index (χ1v) is 7.09. The smallest absolute Gasteiger partial charge is 0.141 e. The van der Waals surface area contributed by atoms with Crippen LogP contribution in [0.15, 0.2) is 18.3 Å². The molecule has 5 heteroatoms. The average Bonchev–Trinajstić information content (AvgIpc) is 2.38. The summed E-state index contributed by atoms with van der Waals surface area (Å²) in [5.41, 5.74) is 0.146. The maximum absolute atomic E-state index is 12.9. The minimum Gasteiger partial charge on any atom is -0.389 e. The van der Waals surface area contributed by atoms with Crippen molar-refractivity contribution in [1.29, 1.82) is 0 Å². The molecule has 114 valence electrons. The summed E-state index contributed by atoms with van der Waals surface area (Å²) in [4.78, 5) is 6.32. The van der Waals surface area contributed by atoms with Gasteiger partial charge in [0.1, 0.15) is 5.82 Å². The summed E-state index contributed by atoms with van der Waals surface area (Å²) in [7, 11) is 1.88. The van der Waals surface area contributed by atoms with Crippen molar-refractivity contribution in [2.24, 2.45) is 0 Å². The van der Waals surface area contributed by atoms with Crippen LogP contribution < -0.4 is 5.32 Å². The number of nitrogens with one attached hydrogen (secondary N) is 1. The standard InChI is InChI=1S/C15H26FN3O/c1-5-19(11-15(2,3)20)9-8-13(17-4)14-7-6-12(16)10-18-14/h6-7,10,13,17,20H,5,8-9,11H2,1-4H3. The van der Waals surface area contributed by atoms with Gasteiger partial charge in [-0.15, -0.1) is 0 Å². The molecule has 4 nitrogen and oxygen atoms in total. The number of nitrogens with zero attached hydrogens (tertiary/aromatic N) is 2. The fourth-order valence-corrected chi connectivity index (χ4v) is 2.24. The number of hydrogen-bond acceptors (Lipinski definition) is 4. The molecule has 0 aliphatic carbocycles. The van der Waals surface area contributed by atoms with Gasteiger partial charge in [-0.1, -0.05) is 6.92 Å². The number of pyridine rings is 1. The first-order chi connectivity index (χ1) is 9.35. The fraction of sp³-hybridized carbons (Fsp3) is 0.667. The predicted molar refractivity (Wildman–Crippen MR) is 79.0 cm³/mol. The van der Waals surface area contributed by atoms with Crippen LogP contribution in [-0.4, -0.2) is 47.3 Å². The van der Waals surface area contributed by atoms with Crippen LogP contribution in [0.1, 0.15) is 38.9 Å². The van der Waals surface area contributed by atoms with Crippen LogP contribution in [0.4, 0.5) is 4.39 Å². The quantitative estimate of drug-likeness (QED) is 0.766. The zero-order chi connectivity index (χ0) is 15.2. The Balaban J connectivity index is 2.58. The van der Waals surface area contributed by atoms with Gasteiger partial charge in [0, 0.05) is 13.1 Å². The van der Waals surface area contributed by atoms with E-state index in [1.54, 1.807) is 6.07 Å². The third-order valence-corrected chi connectivity index (χ3v) is 3.25. The third kappa shape index (κ3) is 5.94. The molecule has 1 unspecified atom stereocenters. The first-order valence-electron chi connectivity index (χ1n) is 7.09. The van der Waals surface area contributed by atoms with Gasteiger partial charge in [0.25, 0.3) is 0 Å². The summed E-state index contributed by atoms with van der Waals surface area (Å²) in [6, 6.07) is 3.23. The lowest BCUT2D eigenvalue weighted by Crippen LogP contribution is -2.39. The molecule has 1 atom stereocenters. The first kappa shape index (κ1) is 17.0. The van der Waals surface area contributed by atoms with Crippen LogP contribution in [0.5, 0.6) is 0 Å². The number of aromatic nitrogens is 1. The number of rotatable bonds is 8. The zero-order valence-corrected chi connectivity index (χ0v) is 12.9. The molecule has 1 aromatic heterocycles. The molecule has 0 saturated heterocycles. The number of likely N-dealkylation sites (N-methyl/N-ethyl adjacent to an activating group) is 1. The van der Waals surface area contributed by atoms with E-state index >= 15 is 0 Å². The van der Waals surface area contributed by atoms with E-state index in [1.165, 1.54) is 12.3 Å². The molecular weight excluding hydrogens is 257 g/mol. The second-order valence-corrected chi connectivity index (χ2v) is 5.71. The fourth-order valence-electron chi connectivity index (χ4n) is 2.24. The summed E-state index contributed by atoms with van der Waals surface area (Å²) >= 11 is 0. The molecule has 0 aliphatic rings. The molecule has 0 spiro atoms. The average molecular weight is 283 g/mol. The summed E-state index contributed by atoms with van der Waals surface area (Å²) < 4.78 is 12.9. The Labute approximate surface area is 121 Å². The summed E-state index contributed by atoms with van der Waals surface area (Å²) in [6.07, 6.45) is 2.10. The summed E-state index contributed by atoms with van der Waals surface area (Å²) in [6.45, 7) is 8.08. The van der Waals surface area contributed by atoms with Crippen molar-refractivity contribution in [2.45, 2.75) is 38.8 Å². The van der Waals surface area contributed by atoms with E-state index in [0.29, 0.717) is 6.54 Å². The van der Waals surface area contributed by atoms with Gasteiger partial charge in [0.05, 0.1) is 23.5 Å². The molecule has 1 heterocycles. The van der Waals surface area contributed by atoms with E-state index in [4.69, 9.17) is 0 Å². The van der Waals surface area contributed by atoms with Gasteiger partial charge >= 0.3 is 0 Å². The van der Waals surface area contributed by atoms with E-state index in [9.17, 15) is 9.50 Å². The highest BCUT2D eigenvalue weighted by Crippen LogP contribution is 2.15. The van der Waals surface area contributed by atoms with Gasteiger partial charge in [-0.2, -0.15) is 0 Å². The Bertz CT molecular complexity index is 389. The molecule has 0 bridgehead atoms. The molecule has 20 heavy (non-hydrogen) atoms. The Hall–Kier alpha value is -1.04. The van der Waals surface area contributed by atoms with Crippen LogP contribution >= 0.6 is 0 Å². The van der Waals surface area contributed by atoms with Gasteiger partial charge in [0.2, 0.25) is 0 Å². The van der Waals surface area contributed by atoms with Gasteiger partial charge in [-0.05, 0) is 46.0 Å². The number of halogens is 1. The highest BCUT2D eigenvalue weighted by Gasteiger charge is 2.19. The Morgan fingerprint density at radius 1 is 1.45 bits per heavy atom. The lowest BCUT2D eigenvalue weighted by atomic mass is 10.1.